The van der Waals surface area contributed by atoms with Gasteiger partial charge in [0.25, 0.3) is 0 Å². The van der Waals surface area contributed by atoms with E-state index in [-0.39, 0.29) is 17.6 Å². The predicted octanol–water partition coefficient (Wildman–Crippen LogP) is 4.64. The minimum absolute atomic E-state index is 0.0920. The van der Waals surface area contributed by atoms with Gasteiger partial charge in [0.15, 0.2) is 5.78 Å². The van der Waals surface area contributed by atoms with Crippen LogP contribution in [0.4, 0.5) is 10.1 Å². The number of halogens is 1. The van der Waals surface area contributed by atoms with Crippen molar-refractivity contribution in [1.29, 1.82) is 0 Å². The molecule has 0 spiro atoms. The van der Waals surface area contributed by atoms with Crippen LogP contribution in [-0.4, -0.2) is 11.8 Å². The minimum atomic E-state index is -0.333. The molecule has 0 bridgehead atoms. The fourth-order valence-electron chi connectivity index (χ4n) is 3.43. The smallest absolute Gasteiger partial charge is 0.194 e. The zero-order valence-corrected chi connectivity index (χ0v) is 12.8. The van der Waals surface area contributed by atoms with Gasteiger partial charge < -0.3 is 5.32 Å². The molecule has 110 valence electrons. The van der Waals surface area contributed by atoms with Crippen molar-refractivity contribution in [2.24, 2.45) is 0 Å². The summed E-state index contributed by atoms with van der Waals surface area (Å²) in [4.78, 5) is 12.5. The van der Waals surface area contributed by atoms with E-state index in [1.54, 1.807) is 12.1 Å². The molecule has 1 unspecified atom stereocenters. The second-order valence-electron chi connectivity index (χ2n) is 6.11. The molecule has 2 nitrogen and oxygen atoms in total. The first-order valence-electron chi connectivity index (χ1n) is 7.45. The zero-order valence-electron chi connectivity index (χ0n) is 12.8. The summed E-state index contributed by atoms with van der Waals surface area (Å²) in [5.41, 5.74) is 6.67. The number of nitrogens with one attached hydrogen (secondary N) is 1. The van der Waals surface area contributed by atoms with Gasteiger partial charge in [-0.2, -0.15) is 0 Å². The van der Waals surface area contributed by atoms with Gasteiger partial charge in [-0.1, -0.05) is 12.1 Å². The zero-order chi connectivity index (χ0) is 15.6. The van der Waals surface area contributed by atoms with Crippen LogP contribution in [0.15, 0.2) is 35.9 Å². The van der Waals surface area contributed by atoms with Crippen LogP contribution >= 0.6 is 0 Å². The van der Waals surface area contributed by atoms with E-state index in [1.165, 1.54) is 17.2 Å². The highest BCUT2D eigenvalue weighted by atomic mass is 19.1. The summed E-state index contributed by atoms with van der Waals surface area (Å²) in [5, 5.41) is 3.43. The van der Waals surface area contributed by atoms with Crippen molar-refractivity contribution in [3.8, 4) is 11.1 Å². The third-order valence-electron chi connectivity index (χ3n) is 4.95. The molecule has 2 aromatic rings. The van der Waals surface area contributed by atoms with Crippen LogP contribution < -0.4 is 5.32 Å². The van der Waals surface area contributed by atoms with E-state index in [4.69, 9.17) is 0 Å². The maximum Gasteiger partial charge on any atom is 0.194 e. The molecule has 2 aliphatic rings. The Labute approximate surface area is 128 Å². The van der Waals surface area contributed by atoms with Gasteiger partial charge in [-0.15, -0.1) is 0 Å². The summed E-state index contributed by atoms with van der Waals surface area (Å²) in [7, 11) is 0. The molecular weight excluding hydrogens is 277 g/mol. The molecule has 0 saturated heterocycles. The van der Waals surface area contributed by atoms with Crippen LogP contribution in [0.2, 0.25) is 0 Å². The van der Waals surface area contributed by atoms with Crippen molar-refractivity contribution < 1.29 is 9.18 Å². The highest BCUT2D eigenvalue weighted by molar-refractivity contribution is 6.22. The molecule has 1 atom stereocenters. The second-order valence-corrected chi connectivity index (χ2v) is 6.11. The van der Waals surface area contributed by atoms with E-state index < -0.39 is 0 Å². The third kappa shape index (κ3) is 1.56. The van der Waals surface area contributed by atoms with Crippen LogP contribution in [0, 0.1) is 5.82 Å². The van der Waals surface area contributed by atoms with Gasteiger partial charge in [-0.3, -0.25) is 4.79 Å². The number of fused-ring (bicyclic) bond motifs is 4. The summed E-state index contributed by atoms with van der Waals surface area (Å²) >= 11 is 0. The Morgan fingerprint density at radius 2 is 1.82 bits per heavy atom. The van der Waals surface area contributed by atoms with Gasteiger partial charge in [0.05, 0.1) is 0 Å². The molecule has 0 radical (unpaired) electrons. The van der Waals surface area contributed by atoms with Gasteiger partial charge in [-0.05, 0) is 55.7 Å². The molecule has 4 rings (SSSR count). The SMILES string of the molecule is CC1=C(C)C(C)Nc2cc3c(cc21)-c1c(F)cccc1C3=O. The summed E-state index contributed by atoms with van der Waals surface area (Å²) < 4.78 is 14.2. The second kappa shape index (κ2) is 4.29. The van der Waals surface area contributed by atoms with Crippen molar-refractivity contribution in [2.45, 2.75) is 26.8 Å². The molecule has 22 heavy (non-hydrogen) atoms. The molecule has 0 amide bonds. The number of hydrogen-bond acceptors (Lipinski definition) is 2. The standard InChI is InChI=1S/C19H16FNO/c1-9-10(2)13-7-14-15(8-17(13)21-11(9)3)19(22)12-5-4-6-16(20)18(12)14/h4-8,11,21H,1-3H3. The van der Waals surface area contributed by atoms with E-state index >= 15 is 0 Å². The van der Waals surface area contributed by atoms with Crippen LogP contribution in [-0.2, 0) is 0 Å². The number of benzene rings is 2. The highest BCUT2D eigenvalue weighted by Crippen LogP contribution is 2.44. The molecule has 1 heterocycles. The lowest BCUT2D eigenvalue weighted by Gasteiger charge is -2.27. The topological polar surface area (TPSA) is 29.1 Å². The number of rotatable bonds is 0. The van der Waals surface area contributed by atoms with Crippen molar-refractivity contribution in [1.82, 2.24) is 0 Å². The highest BCUT2D eigenvalue weighted by Gasteiger charge is 2.31. The average molecular weight is 293 g/mol. The number of allylic oxidation sites excluding steroid dienone is 1. The Morgan fingerprint density at radius 1 is 1.05 bits per heavy atom. The number of carbonyl (C=O) groups excluding carboxylic acids is 1. The van der Waals surface area contributed by atoms with Crippen LogP contribution in [0.1, 0.15) is 42.3 Å². The lowest BCUT2D eigenvalue weighted by molar-refractivity contribution is 0.104. The quantitative estimate of drug-likeness (QED) is 0.654. The first kappa shape index (κ1) is 13.3. The molecule has 1 aliphatic heterocycles. The van der Waals surface area contributed by atoms with Crippen molar-refractivity contribution in [3.63, 3.8) is 0 Å². The number of anilines is 1. The third-order valence-corrected chi connectivity index (χ3v) is 4.95. The molecule has 0 aromatic heterocycles. The maximum atomic E-state index is 14.2. The number of ketones is 1. The van der Waals surface area contributed by atoms with Gasteiger partial charge in [0, 0.05) is 34.0 Å². The van der Waals surface area contributed by atoms with Crippen LogP contribution in [0.5, 0.6) is 0 Å². The van der Waals surface area contributed by atoms with Gasteiger partial charge in [0.1, 0.15) is 5.82 Å². The van der Waals surface area contributed by atoms with E-state index in [0.29, 0.717) is 22.3 Å². The lowest BCUT2D eigenvalue weighted by Crippen LogP contribution is -2.22. The monoisotopic (exact) mass is 293 g/mol. The molecular formula is C19H16FNO. The van der Waals surface area contributed by atoms with E-state index in [0.717, 1.165) is 11.3 Å². The maximum absolute atomic E-state index is 14.2. The van der Waals surface area contributed by atoms with Gasteiger partial charge in [0.2, 0.25) is 0 Å². The summed E-state index contributed by atoms with van der Waals surface area (Å²) in [6.45, 7) is 6.28. The van der Waals surface area contributed by atoms with Crippen molar-refractivity contribution in [2.75, 3.05) is 5.32 Å². The molecule has 1 N–H and O–H groups in total. The number of carbonyl (C=O) groups is 1. The Hall–Kier alpha value is -2.42. The van der Waals surface area contributed by atoms with E-state index in [2.05, 4.69) is 26.1 Å². The van der Waals surface area contributed by atoms with Crippen LogP contribution in [0.25, 0.3) is 16.7 Å². The van der Waals surface area contributed by atoms with E-state index in [9.17, 15) is 9.18 Å². The Balaban J connectivity index is 2.03. The molecule has 1 aliphatic carbocycles. The summed E-state index contributed by atoms with van der Waals surface area (Å²) in [6, 6.07) is 8.77. The van der Waals surface area contributed by atoms with Crippen molar-refractivity contribution in [3.05, 3.63) is 58.4 Å². The summed E-state index contributed by atoms with van der Waals surface area (Å²) in [6.07, 6.45) is 0. The molecule has 0 fully saturated rings. The first-order chi connectivity index (χ1) is 10.5. The fraction of sp³-hybridized carbons (Fsp3) is 0.211. The van der Waals surface area contributed by atoms with Gasteiger partial charge in [-0.25, -0.2) is 4.39 Å². The van der Waals surface area contributed by atoms with Crippen molar-refractivity contribution >= 4 is 17.0 Å². The fourth-order valence-corrected chi connectivity index (χ4v) is 3.43. The predicted molar refractivity (Wildman–Crippen MR) is 86.6 cm³/mol. The first-order valence-corrected chi connectivity index (χ1v) is 7.45. The van der Waals surface area contributed by atoms with E-state index in [1.807, 2.05) is 12.1 Å². The van der Waals surface area contributed by atoms with Crippen LogP contribution in [0.3, 0.4) is 0 Å². The average Bonchev–Trinajstić information content (AvgIpc) is 2.78. The normalized spacial score (nSPS) is 18.7. The van der Waals surface area contributed by atoms with Gasteiger partial charge >= 0.3 is 0 Å². The molecule has 3 heteroatoms. The largest absolute Gasteiger partial charge is 0.378 e. The lowest BCUT2D eigenvalue weighted by atomic mass is 9.89. The summed E-state index contributed by atoms with van der Waals surface area (Å²) in [5.74, 6) is -0.425. The Bertz CT molecular complexity index is 879. The Morgan fingerprint density at radius 3 is 2.59 bits per heavy atom. The Kier molecular flexibility index (Phi) is 2.59. The minimum Gasteiger partial charge on any atom is -0.378 e. The molecule has 2 aromatic carbocycles. The molecule has 0 saturated carbocycles. The number of hydrogen-bond donors (Lipinski definition) is 1.